The molecule has 0 aromatic carbocycles. The summed E-state index contributed by atoms with van der Waals surface area (Å²) < 4.78 is 0. The molecule has 0 saturated heterocycles. The molecule has 0 aromatic heterocycles. The number of halogens is 2. The van der Waals surface area contributed by atoms with Crippen molar-refractivity contribution in [3.8, 4) is 0 Å². The van der Waals surface area contributed by atoms with Crippen LogP contribution in [-0.4, -0.2) is 10.6 Å². The minimum Gasteiger partial charge on any atom is -0.281 e. The number of carbonyl (C=O) groups excluding carboxylic acids is 1. The van der Waals surface area contributed by atoms with Gasteiger partial charge in [-0.05, 0) is 30.4 Å². The monoisotopic (exact) mass is 320 g/mol. The first kappa shape index (κ1) is 18.3. The van der Waals surface area contributed by atoms with Crippen LogP contribution < -0.4 is 0 Å². The van der Waals surface area contributed by atoms with Gasteiger partial charge in [-0.25, -0.2) is 0 Å². The second kappa shape index (κ2) is 11.9. The Hall–Kier alpha value is 0.250. The van der Waals surface area contributed by atoms with Crippen molar-refractivity contribution < 1.29 is 4.79 Å². The molecule has 118 valence electrons. The fourth-order valence-corrected chi connectivity index (χ4v) is 3.76. The lowest BCUT2D eigenvalue weighted by Crippen LogP contribution is -2.17. The Kier molecular flexibility index (Phi) is 10.9. The molecular weight excluding hydrogens is 291 g/mol. The van der Waals surface area contributed by atoms with E-state index < -0.39 is 0 Å². The van der Waals surface area contributed by atoms with E-state index in [1.165, 1.54) is 70.6 Å². The minimum absolute atomic E-state index is 0.128. The predicted octanol–water partition coefficient (Wildman–Crippen LogP) is 6.45. The van der Waals surface area contributed by atoms with Gasteiger partial charge in [0.15, 0.2) is 0 Å². The van der Waals surface area contributed by atoms with Gasteiger partial charge in [0.1, 0.15) is 0 Å². The molecule has 1 saturated carbocycles. The van der Waals surface area contributed by atoms with E-state index in [-0.39, 0.29) is 16.5 Å². The lowest BCUT2D eigenvalue weighted by atomic mass is 9.91. The molecule has 0 aliphatic heterocycles. The Labute approximate surface area is 134 Å². The van der Waals surface area contributed by atoms with Crippen LogP contribution in [0, 0.1) is 5.92 Å². The summed E-state index contributed by atoms with van der Waals surface area (Å²) in [4.78, 5) is 11.2. The maximum Gasteiger partial charge on any atom is 0.221 e. The smallest absolute Gasteiger partial charge is 0.221 e. The first-order valence-electron chi connectivity index (χ1n) is 8.52. The zero-order valence-electron chi connectivity index (χ0n) is 12.7. The molecule has 2 unspecified atom stereocenters. The number of carbonyl (C=O) groups is 1. The third-order valence-corrected chi connectivity index (χ3v) is 5.22. The summed E-state index contributed by atoms with van der Waals surface area (Å²) in [6, 6.07) is 0. The normalized spacial score (nSPS) is 28.3. The summed E-state index contributed by atoms with van der Waals surface area (Å²) in [6.45, 7) is 0. The molecule has 0 N–H and O–H groups in total. The molecule has 0 amide bonds. The van der Waals surface area contributed by atoms with Gasteiger partial charge in [-0.15, -0.1) is 11.6 Å². The van der Waals surface area contributed by atoms with Crippen molar-refractivity contribution in [3.05, 3.63) is 0 Å². The molecule has 2 atom stereocenters. The van der Waals surface area contributed by atoms with E-state index in [0.717, 1.165) is 12.8 Å². The van der Waals surface area contributed by atoms with Crippen LogP contribution in [0.15, 0.2) is 0 Å². The molecule has 1 nitrogen and oxygen atoms in total. The van der Waals surface area contributed by atoms with Crippen LogP contribution in [0.25, 0.3) is 0 Å². The van der Waals surface area contributed by atoms with Crippen molar-refractivity contribution in [3.63, 3.8) is 0 Å². The molecule has 0 aromatic rings. The quantitative estimate of drug-likeness (QED) is 0.422. The van der Waals surface area contributed by atoms with E-state index in [1.54, 1.807) is 0 Å². The summed E-state index contributed by atoms with van der Waals surface area (Å²) in [6.07, 6.45) is 17.1. The Morgan fingerprint density at radius 2 is 1.15 bits per heavy atom. The fraction of sp³-hybridized carbons (Fsp3) is 0.941. The number of alkyl halides is 1. The lowest BCUT2D eigenvalue weighted by Gasteiger charge is -2.21. The Bertz CT molecular complexity index is 255. The van der Waals surface area contributed by atoms with Crippen LogP contribution in [0.4, 0.5) is 0 Å². The number of hydrogen-bond donors (Lipinski definition) is 0. The highest BCUT2D eigenvalue weighted by atomic mass is 35.5. The average molecular weight is 321 g/mol. The number of hydrogen-bond acceptors (Lipinski definition) is 1. The van der Waals surface area contributed by atoms with E-state index in [0.29, 0.717) is 6.42 Å². The third kappa shape index (κ3) is 9.23. The van der Waals surface area contributed by atoms with Crippen LogP contribution in [0.5, 0.6) is 0 Å². The summed E-state index contributed by atoms with van der Waals surface area (Å²) in [5.41, 5.74) is 0. The van der Waals surface area contributed by atoms with Crippen molar-refractivity contribution >= 4 is 28.4 Å². The summed E-state index contributed by atoms with van der Waals surface area (Å²) >= 11 is 12.1. The van der Waals surface area contributed by atoms with E-state index in [4.69, 9.17) is 23.2 Å². The van der Waals surface area contributed by atoms with Crippen molar-refractivity contribution in [2.75, 3.05) is 0 Å². The zero-order chi connectivity index (χ0) is 14.6. The number of rotatable bonds is 2. The van der Waals surface area contributed by atoms with Gasteiger partial charge in [-0.3, -0.25) is 4.79 Å². The van der Waals surface area contributed by atoms with Crippen molar-refractivity contribution in [1.29, 1.82) is 0 Å². The van der Waals surface area contributed by atoms with Crippen molar-refractivity contribution in [2.24, 2.45) is 5.92 Å². The molecule has 0 radical (unpaired) electrons. The van der Waals surface area contributed by atoms with E-state index in [1.807, 2.05) is 0 Å². The van der Waals surface area contributed by atoms with Gasteiger partial charge in [-0.2, -0.15) is 0 Å². The lowest BCUT2D eigenvalue weighted by molar-refractivity contribution is -0.112. The first-order valence-corrected chi connectivity index (χ1v) is 9.34. The highest BCUT2D eigenvalue weighted by molar-refractivity contribution is 6.63. The maximum absolute atomic E-state index is 11.2. The van der Waals surface area contributed by atoms with Crippen LogP contribution in [-0.2, 0) is 4.79 Å². The first-order chi connectivity index (χ1) is 9.70. The van der Waals surface area contributed by atoms with E-state index in [9.17, 15) is 4.79 Å². The summed E-state index contributed by atoms with van der Waals surface area (Å²) in [5.74, 6) is 0.284. The predicted molar refractivity (Wildman–Crippen MR) is 88.6 cm³/mol. The third-order valence-electron chi connectivity index (χ3n) is 4.49. The molecular formula is C17H30Cl2O. The Balaban J connectivity index is 2.40. The second-order valence-corrected chi connectivity index (χ2v) is 7.28. The molecule has 0 heterocycles. The summed E-state index contributed by atoms with van der Waals surface area (Å²) in [7, 11) is 0. The minimum atomic E-state index is -0.224. The van der Waals surface area contributed by atoms with Gasteiger partial charge in [0, 0.05) is 11.8 Å². The molecule has 1 aliphatic carbocycles. The van der Waals surface area contributed by atoms with Gasteiger partial charge < -0.3 is 0 Å². The van der Waals surface area contributed by atoms with Gasteiger partial charge in [0.25, 0.3) is 0 Å². The average Bonchev–Trinajstić information content (AvgIpc) is 2.41. The Morgan fingerprint density at radius 3 is 1.60 bits per heavy atom. The van der Waals surface area contributed by atoms with Crippen LogP contribution in [0.3, 0.4) is 0 Å². The van der Waals surface area contributed by atoms with Crippen LogP contribution >= 0.6 is 23.2 Å². The molecule has 0 bridgehead atoms. The largest absolute Gasteiger partial charge is 0.281 e. The zero-order valence-corrected chi connectivity index (χ0v) is 14.2. The molecule has 1 fully saturated rings. The molecule has 1 rings (SSSR count). The fourth-order valence-electron chi connectivity index (χ4n) is 3.19. The summed E-state index contributed by atoms with van der Waals surface area (Å²) in [5, 5.41) is -0.0959. The molecule has 1 aliphatic rings. The highest BCUT2D eigenvalue weighted by Crippen LogP contribution is 2.28. The van der Waals surface area contributed by atoms with E-state index >= 15 is 0 Å². The van der Waals surface area contributed by atoms with Crippen LogP contribution in [0.1, 0.15) is 89.9 Å². The van der Waals surface area contributed by atoms with Gasteiger partial charge in [0.05, 0.1) is 0 Å². The van der Waals surface area contributed by atoms with Gasteiger partial charge in [0.2, 0.25) is 5.24 Å². The SMILES string of the molecule is O=C(Cl)CC1CCCCCCCCCCCCCC1Cl. The molecule has 3 heteroatoms. The molecule has 0 spiro atoms. The Morgan fingerprint density at radius 1 is 0.750 bits per heavy atom. The second-order valence-electron chi connectivity index (χ2n) is 6.30. The standard InChI is InChI=1S/C17H30Cl2O/c18-16-13-11-9-7-5-3-1-2-4-6-8-10-12-15(16)14-17(19)20/h15-16H,1-14H2. The van der Waals surface area contributed by atoms with Gasteiger partial charge >= 0.3 is 0 Å². The highest BCUT2D eigenvalue weighted by Gasteiger charge is 2.21. The van der Waals surface area contributed by atoms with Crippen LogP contribution in [0.2, 0.25) is 0 Å². The van der Waals surface area contributed by atoms with Gasteiger partial charge in [-0.1, -0.05) is 70.6 Å². The van der Waals surface area contributed by atoms with Crippen molar-refractivity contribution in [2.45, 2.75) is 95.3 Å². The topological polar surface area (TPSA) is 17.1 Å². The molecule has 20 heavy (non-hydrogen) atoms. The maximum atomic E-state index is 11.2. The van der Waals surface area contributed by atoms with E-state index in [2.05, 4.69) is 0 Å². The van der Waals surface area contributed by atoms with Crippen molar-refractivity contribution in [1.82, 2.24) is 0 Å².